The highest BCUT2D eigenvalue weighted by Crippen LogP contribution is 2.29. The van der Waals surface area contributed by atoms with Crippen molar-refractivity contribution in [3.8, 4) is 0 Å². The van der Waals surface area contributed by atoms with Crippen molar-refractivity contribution in [2.24, 2.45) is 17.6 Å². The van der Waals surface area contributed by atoms with Gasteiger partial charge in [-0.3, -0.25) is 4.98 Å². The smallest absolute Gasteiger partial charge is 0.0598 e. The Morgan fingerprint density at radius 3 is 3.00 bits per heavy atom. The zero-order valence-electron chi connectivity index (χ0n) is 10.2. The number of nitrogens with two attached hydrogens (primary N) is 1. The molecule has 0 saturated carbocycles. The van der Waals surface area contributed by atoms with E-state index in [1.807, 2.05) is 18.5 Å². The van der Waals surface area contributed by atoms with E-state index >= 15 is 0 Å². The predicted molar refractivity (Wildman–Crippen MR) is 67.3 cm³/mol. The van der Waals surface area contributed by atoms with Crippen LogP contribution in [0.3, 0.4) is 0 Å². The molecule has 0 aromatic carbocycles. The molecule has 3 heteroatoms. The van der Waals surface area contributed by atoms with Crippen LogP contribution in [-0.4, -0.2) is 18.1 Å². The standard InChI is InChI=1S/C13H21N3/c1-10(2)12-4-6-16(9-12)13-8-15-5-3-11(13)7-14/h3,5,8,10,12H,4,6-7,9,14H2,1-2H3. The fraction of sp³-hybridized carbons (Fsp3) is 0.615. The van der Waals surface area contributed by atoms with Crippen molar-refractivity contribution in [2.75, 3.05) is 18.0 Å². The molecule has 1 aromatic heterocycles. The summed E-state index contributed by atoms with van der Waals surface area (Å²) in [7, 11) is 0. The minimum Gasteiger partial charge on any atom is -0.370 e. The Balaban J connectivity index is 2.14. The summed E-state index contributed by atoms with van der Waals surface area (Å²) in [6.45, 7) is 7.50. The van der Waals surface area contributed by atoms with Crippen LogP contribution < -0.4 is 10.6 Å². The van der Waals surface area contributed by atoms with E-state index < -0.39 is 0 Å². The number of rotatable bonds is 3. The minimum absolute atomic E-state index is 0.598. The summed E-state index contributed by atoms with van der Waals surface area (Å²) in [5.41, 5.74) is 8.20. The third-order valence-electron chi connectivity index (χ3n) is 3.62. The van der Waals surface area contributed by atoms with E-state index in [2.05, 4.69) is 23.7 Å². The highest BCUT2D eigenvalue weighted by atomic mass is 15.2. The molecule has 16 heavy (non-hydrogen) atoms. The molecule has 1 aliphatic rings. The summed E-state index contributed by atoms with van der Waals surface area (Å²) in [5, 5.41) is 0. The first kappa shape index (κ1) is 11.4. The number of nitrogens with zero attached hydrogens (tertiary/aromatic N) is 2. The van der Waals surface area contributed by atoms with E-state index in [4.69, 9.17) is 5.73 Å². The Morgan fingerprint density at radius 1 is 1.56 bits per heavy atom. The molecular weight excluding hydrogens is 198 g/mol. The van der Waals surface area contributed by atoms with Crippen molar-refractivity contribution >= 4 is 5.69 Å². The van der Waals surface area contributed by atoms with Crippen molar-refractivity contribution in [2.45, 2.75) is 26.8 Å². The first-order valence-electron chi connectivity index (χ1n) is 6.10. The van der Waals surface area contributed by atoms with Gasteiger partial charge in [0.05, 0.1) is 11.9 Å². The summed E-state index contributed by atoms with van der Waals surface area (Å²) in [4.78, 5) is 6.64. The summed E-state index contributed by atoms with van der Waals surface area (Å²) in [6, 6.07) is 2.03. The first-order valence-corrected chi connectivity index (χ1v) is 6.10. The van der Waals surface area contributed by atoms with Gasteiger partial charge in [-0.2, -0.15) is 0 Å². The fourth-order valence-corrected chi connectivity index (χ4v) is 2.42. The second kappa shape index (κ2) is 4.83. The Morgan fingerprint density at radius 2 is 2.38 bits per heavy atom. The molecule has 1 saturated heterocycles. The van der Waals surface area contributed by atoms with Gasteiger partial charge in [0.2, 0.25) is 0 Å². The van der Waals surface area contributed by atoms with Gasteiger partial charge >= 0.3 is 0 Å². The van der Waals surface area contributed by atoms with Crippen molar-refractivity contribution in [3.05, 3.63) is 24.0 Å². The van der Waals surface area contributed by atoms with Crippen molar-refractivity contribution in [1.82, 2.24) is 4.98 Å². The maximum atomic E-state index is 5.76. The topological polar surface area (TPSA) is 42.2 Å². The average molecular weight is 219 g/mol. The molecule has 1 unspecified atom stereocenters. The van der Waals surface area contributed by atoms with Gasteiger partial charge in [-0.05, 0) is 29.9 Å². The second-order valence-electron chi connectivity index (χ2n) is 4.95. The van der Waals surface area contributed by atoms with Gasteiger partial charge in [0.25, 0.3) is 0 Å². The Hall–Kier alpha value is -1.09. The van der Waals surface area contributed by atoms with Crippen LogP contribution in [0.5, 0.6) is 0 Å². The maximum Gasteiger partial charge on any atom is 0.0598 e. The van der Waals surface area contributed by atoms with Gasteiger partial charge in [0, 0.05) is 25.8 Å². The fourth-order valence-electron chi connectivity index (χ4n) is 2.42. The lowest BCUT2D eigenvalue weighted by atomic mass is 9.95. The Labute approximate surface area is 97.7 Å². The van der Waals surface area contributed by atoms with Gasteiger partial charge in [-0.25, -0.2) is 0 Å². The summed E-state index contributed by atoms with van der Waals surface area (Å²) >= 11 is 0. The molecule has 2 heterocycles. The molecule has 0 amide bonds. The number of hydrogen-bond acceptors (Lipinski definition) is 3. The SMILES string of the molecule is CC(C)C1CCN(c2cnccc2CN)C1. The van der Waals surface area contributed by atoms with Crippen LogP contribution in [0.1, 0.15) is 25.8 Å². The van der Waals surface area contributed by atoms with Crippen LogP contribution in [0, 0.1) is 11.8 Å². The molecule has 1 fully saturated rings. The van der Waals surface area contributed by atoms with E-state index in [0.29, 0.717) is 6.54 Å². The zero-order chi connectivity index (χ0) is 11.5. The van der Waals surface area contributed by atoms with Crippen molar-refractivity contribution in [1.29, 1.82) is 0 Å². The first-order chi connectivity index (χ1) is 7.72. The van der Waals surface area contributed by atoms with Crippen LogP contribution >= 0.6 is 0 Å². The van der Waals surface area contributed by atoms with Crippen LogP contribution in [-0.2, 0) is 6.54 Å². The van der Waals surface area contributed by atoms with Crippen LogP contribution in [0.4, 0.5) is 5.69 Å². The van der Waals surface area contributed by atoms with Crippen molar-refractivity contribution in [3.63, 3.8) is 0 Å². The summed E-state index contributed by atoms with van der Waals surface area (Å²) in [6.07, 6.45) is 5.06. The molecule has 3 nitrogen and oxygen atoms in total. The molecule has 1 aromatic rings. The lowest BCUT2D eigenvalue weighted by Crippen LogP contribution is -2.23. The molecule has 1 atom stereocenters. The van der Waals surface area contributed by atoms with Gasteiger partial charge < -0.3 is 10.6 Å². The highest BCUT2D eigenvalue weighted by molar-refractivity contribution is 5.52. The van der Waals surface area contributed by atoms with Gasteiger partial charge in [-0.1, -0.05) is 13.8 Å². The normalized spacial score (nSPS) is 20.8. The van der Waals surface area contributed by atoms with E-state index in [1.54, 1.807) is 0 Å². The van der Waals surface area contributed by atoms with E-state index in [9.17, 15) is 0 Å². The van der Waals surface area contributed by atoms with Gasteiger partial charge in [0.1, 0.15) is 0 Å². The molecular formula is C13H21N3. The van der Waals surface area contributed by atoms with Crippen LogP contribution in [0.15, 0.2) is 18.5 Å². The third kappa shape index (κ3) is 2.19. The van der Waals surface area contributed by atoms with E-state index in [0.717, 1.165) is 24.9 Å². The Kier molecular flexibility index (Phi) is 3.44. The van der Waals surface area contributed by atoms with Gasteiger partial charge in [-0.15, -0.1) is 0 Å². The summed E-state index contributed by atoms with van der Waals surface area (Å²) < 4.78 is 0. The Bertz CT molecular complexity index is 349. The number of pyridine rings is 1. The van der Waals surface area contributed by atoms with E-state index in [1.165, 1.54) is 17.7 Å². The lowest BCUT2D eigenvalue weighted by molar-refractivity contribution is 0.422. The molecule has 0 aliphatic carbocycles. The van der Waals surface area contributed by atoms with Gasteiger partial charge in [0.15, 0.2) is 0 Å². The van der Waals surface area contributed by atoms with Crippen molar-refractivity contribution < 1.29 is 0 Å². The molecule has 88 valence electrons. The molecule has 0 radical (unpaired) electrons. The molecule has 2 N–H and O–H groups in total. The van der Waals surface area contributed by atoms with Crippen LogP contribution in [0.2, 0.25) is 0 Å². The molecule has 0 spiro atoms. The number of aromatic nitrogens is 1. The summed E-state index contributed by atoms with van der Waals surface area (Å²) in [5.74, 6) is 1.58. The number of hydrogen-bond donors (Lipinski definition) is 1. The van der Waals surface area contributed by atoms with Crippen LogP contribution in [0.25, 0.3) is 0 Å². The van der Waals surface area contributed by atoms with E-state index in [-0.39, 0.29) is 0 Å². The average Bonchev–Trinajstić information content (AvgIpc) is 2.78. The largest absolute Gasteiger partial charge is 0.370 e. The quantitative estimate of drug-likeness (QED) is 0.845. The predicted octanol–water partition coefficient (Wildman–Crippen LogP) is 2.02. The maximum absolute atomic E-state index is 5.76. The molecule has 0 bridgehead atoms. The zero-order valence-corrected chi connectivity index (χ0v) is 10.2. The monoisotopic (exact) mass is 219 g/mol. The number of anilines is 1. The molecule has 2 rings (SSSR count). The molecule has 1 aliphatic heterocycles. The second-order valence-corrected chi connectivity index (χ2v) is 4.95. The third-order valence-corrected chi connectivity index (χ3v) is 3.62. The highest BCUT2D eigenvalue weighted by Gasteiger charge is 2.25. The minimum atomic E-state index is 0.598. The lowest BCUT2D eigenvalue weighted by Gasteiger charge is -2.22.